The van der Waals surface area contributed by atoms with Crippen molar-refractivity contribution in [2.75, 3.05) is 36.4 Å². The number of fused-ring (bicyclic) bond motifs is 1. The Kier molecular flexibility index (Phi) is 6.38. The van der Waals surface area contributed by atoms with Crippen molar-refractivity contribution in [1.29, 1.82) is 0 Å². The average Bonchev–Trinajstić information content (AvgIpc) is 2.76. The molecule has 0 atom stereocenters. The van der Waals surface area contributed by atoms with Crippen LogP contribution in [0.5, 0.6) is 0 Å². The largest absolute Gasteiger partial charge is 0.480 e. The number of carbonyl (C=O) groups is 1. The summed E-state index contributed by atoms with van der Waals surface area (Å²) in [4.78, 5) is 30.4. The zero-order valence-electron chi connectivity index (χ0n) is 16.6. The zero-order chi connectivity index (χ0) is 21.8. The first-order chi connectivity index (χ1) is 15.0. The van der Waals surface area contributed by atoms with Crippen LogP contribution in [0.4, 0.5) is 21.8 Å². The zero-order valence-corrected chi connectivity index (χ0v) is 17.3. The number of carboxylic acids is 1. The molecule has 0 saturated carbocycles. The molecule has 2 aromatic heterocycles. The van der Waals surface area contributed by atoms with Crippen LogP contribution in [0.3, 0.4) is 0 Å². The van der Waals surface area contributed by atoms with Gasteiger partial charge in [-0.15, -0.1) is 0 Å². The molecule has 3 aromatic rings. The lowest BCUT2D eigenvalue weighted by Crippen LogP contribution is -2.39. The highest BCUT2D eigenvalue weighted by atomic mass is 35.5. The maximum atomic E-state index is 13.4. The number of nitrogens with one attached hydrogen (secondary N) is 2. The minimum atomic E-state index is -0.850. The van der Waals surface area contributed by atoms with Crippen molar-refractivity contribution in [3.63, 3.8) is 0 Å². The Hall–Kier alpha value is -3.11. The number of aromatic nitrogens is 4. The molecule has 0 aliphatic carbocycles. The Labute approximate surface area is 182 Å². The molecule has 1 fully saturated rings. The maximum Gasteiger partial charge on any atom is 0.317 e. The van der Waals surface area contributed by atoms with Gasteiger partial charge < -0.3 is 20.6 Å². The predicted molar refractivity (Wildman–Crippen MR) is 115 cm³/mol. The Bertz CT molecular complexity index is 1090. The van der Waals surface area contributed by atoms with Gasteiger partial charge in [0.15, 0.2) is 5.82 Å². The fraction of sp³-hybridized carbons (Fsp3) is 0.350. The predicted octanol–water partition coefficient (Wildman–Crippen LogP) is 2.85. The van der Waals surface area contributed by atoms with Crippen LogP contribution in [0.15, 0.2) is 30.7 Å². The number of halogens is 2. The summed E-state index contributed by atoms with van der Waals surface area (Å²) in [5, 5.41) is 14.8. The standard InChI is InChI=1S/C20H21ClFN7O2/c21-14-7-13(1-2-15(14)22)27-19-18-16(25-11-26-19)9-24-20(28-18)29-5-3-12(4-6-29)8-23-10-17(30)31/h1-2,7,9,11-12,23H,3-6,8,10H2,(H,30,31)(H,25,26,27). The highest BCUT2D eigenvalue weighted by Crippen LogP contribution is 2.27. The summed E-state index contributed by atoms with van der Waals surface area (Å²) in [5.74, 6) is 0.130. The molecule has 1 saturated heterocycles. The van der Waals surface area contributed by atoms with E-state index in [0.717, 1.165) is 25.9 Å². The first kappa shape index (κ1) is 21.1. The van der Waals surface area contributed by atoms with Crippen LogP contribution in [-0.4, -0.2) is 57.2 Å². The van der Waals surface area contributed by atoms with Crippen molar-refractivity contribution in [2.24, 2.45) is 5.92 Å². The van der Waals surface area contributed by atoms with Crippen molar-refractivity contribution in [3.8, 4) is 0 Å². The van der Waals surface area contributed by atoms with Gasteiger partial charge in [-0.2, -0.15) is 0 Å². The van der Waals surface area contributed by atoms with Crippen LogP contribution in [0.25, 0.3) is 11.0 Å². The SMILES string of the molecule is O=C(O)CNCC1CCN(c2ncc3ncnc(Nc4ccc(F)c(Cl)c4)c3n2)CC1. The molecular formula is C20H21ClFN7O2. The molecule has 0 amide bonds. The normalized spacial score (nSPS) is 14.7. The first-order valence-corrected chi connectivity index (χ1v) is 10.2. The number of nitrogens with zero attached hydrogens (tertiary/aromatic N) is 5. The molecule has 3 N–H and O–H groups in total. The number of anilines is 3. The summed E-state index contributed by atoms with van der Waals surface area (Å²) < 4.78 is 13.4. The molecule has 1 aliphatic heterocycles. The Morgan fingerprint density at radius 2 is 2.06 bits per heavy atom. The average molecular weight is 446 g/mol. The molecule has 1 aromatic carbocycles. The molecule has 3 heterocycles. The van der Waals surface area contributed by atoms with Gasteiger partial charge in [-0.25, -0.2) is 24.3 Å². The molecular weight excluding hydrogens is 425 g/mol. The Balaban J connectivity index is 1.48. The van der Waals surface area contributed by atoms with Crippen LogP contribution in [-0.2, 0) is 4.79 Å². The lowest BCUT2D eigenvalue weighted by molar-refractivity contribution is -0.136. The molecule has 4 rings (SSSR count). The molecule has 1 aliphatic rings. The molecule has 11 heteroatoms. The lowest BCUT2D eigenvalue weighted by Gasteiger charge is -2.32. The third-order valence-electron chi connectivity index (χ3n) is 5.15. The van der Waals surface area contributed by atoms with Gasteiger partial charge in [-0.1, -0.05) is 11.6 Å². The molecule has 31 heavy (non-hydrogen) atoms. The Morgan fingerprint density at radius 1 is 1.26 bits per heavy atom. The Morgan fingerprint density at radius 3 is 2.81 bits per heavy atom. The van der Waals surface area contributed by atoms with Crippen LogP contribution >= 0.6 is 11.6 Å². The van der Waals surface area contributed by atoms with Gasteiger partial charge in [-0.05, 0) is 43.5 Å². The van der Waals surface area contributed by atoms with E-state index in [4.69, 9.17) is 16.7 Å². The number of hydrogen-bond acceptors (Lipinski definition) is 8. The van der Waals surface area contributed by atoms with Crippen LogP contribution in [0, 0.1) is 11.7 Å². The molecule has 0 unspecified atom stereocenters. The van der Waals surface area contributed by atoms with Gasteiger partial charge in [-0.3, -0.25) is 4.79 Å². The first-order valence-electron chi connectivity index (χ1n) is 9.87. The number of aliphatic carboxylic acids is 1. The second-order valence-electron chi connectivity index (χ2n) is 7.34. The number of rotatable bonds is 7. The van der Waals surface area contributed by atoms with E-state index in [1.165, 1.54) is 18.5 Å². The lowest BCUT2D eigenvalue weighted by atomic mass is 9.97. The van der Waals surface area contributed by atoms with Crippen LogP contribution < -0.4 is 15.5 Å². The summed E-state index contributed by atoms with van der Waals surface area (Å²) >= 11 is 5.87. The minimum absolute atomic E-state index is 0.0133. The smallest absolute Gasteiger partial charge is 0.317 e. The van der Waals surface area contributed by atoms with Crippen LogP contribution in [0.1, 0.15) is 12.8 Å². The number of piperidine rings is 1. The van der Waals surface area contributed by atoms with Gasteiger partial charge in [0, 0.05) is 18.8 Å². The fourth-order valence-corrected chi connectivity index (χ4v) is 3.70. The summed E-state index contributed by atoms with van der Waals surface area (Å²) in [7, 11) is 0. The summed E-state index contributed by atoms with van der Waals surface area (Å²) in [5.41, 5.74) is 1.72. The van der Waals surface area contributed by atoms with Gasteiger partial charge in [0.05, 0.1) is 17.8 Å². The topological polar surface area (TPSA) is 116 Å². The van der Waals surface area contributed by atoms with E-state index >= 15 is 0 Å². The van der Waals surface area contributed by atoms with Gasteiger partial charge in [0.2, 0.25) is 5.95 Å². The minimum Gasteiger partial charge on any atom is -0.480 e. The fourth-order valence-electron chi connectivity index (χ4n) is 3.52. The van der Waals surface area contributed by atoms with Gasteiger partial charge in [0.1, 0.15) is 23.2 Å². The van der Waals surface area contributed by atoms with Crippen LogP contribution in [0.2, 0.25) is 5.02 Å². The second kappa shape index (κ2) is 9.36. The molecule has 9 nitrogen and oxygen atoms in total. The van der Waals surface area contributed by atoms with Crippen molar-refractivity contribution < 1.29 is 14.3 Å². The summed E-state index contributed by atoms with van der Waals surface area (Å²) in [6.45, 7) is 2.20. The van der Waals surface area contributed by atoms with Gasteiger partial charge >= 0.3 is 5.97 Å². The quantitative estimate of drug-likeness (QED) is 0.504. The van der Waals surface area contributed by atoms with Crippen molar-refractivity contribution in [3.05, 3.63) is 41.6 Å². The van der Waals surface area contributed by atoms with E-state index in [2.05, 4.69) is 35.5 Å². The van der Waals surface area contributed by atoms with E-state index in [1.807, 2.05) is 0 Å². The van der Waals surface area contributed by atoms with E-state index in [9.17, 15) is 9.18 Å². The third-order valence-corrected chi connectivity index (χ3v) is 5.44. The maximum absolute atomic E-state index is 13.4. The summed E-state index contributed by atoms with van der Waals surface area (Å²) in [6.07, 6.45) is 4.90. The number of hydrogen-bond donors (Lipinski definition) is 3. The van der Waals surface area contributed by atoms with E-state index < -0.39 is 11.8 Å². The molecule has 0 radical (unpaired) electrons. The van der Waals surface area contributed by atoms with E-state index in [-0.39, 0.29) is 11.6 Å². The molecule has 0 spiro atoms. The van der Waals surface area contributed by atoms with Crippen molar-refractivity contribution in [2.45, 2.75) is 12.8 Å². The highest BCUT2D eigenvalue weighted by Gasteiger charge is 2.22. The van der Waals surface area contributed by atoms with Crippen molar-refractivity contribution in [1.82, 2.24) is 25.3 Å². The summed E-state index contributed by atoms with van der Waals surface area (Å²) in [6, 6.07) is 4.33. The second-order valence-corrected chi connectivity index (χ2v) is 7.74. The monoisotopic (exact) mass is 445 g/mol. The van der Waals surface area contributed by atoms with E-state index in [0.29, 0.717) is 40.9 Å². The molecule has 162 valence electrons. The van der Waals surface area contributed by atoms with Gasteiger partial charge in [0.25, 0.3) is 0 Å². The molecule has 0 bridgehead atoms. The number of benzene rings is 1. The van der Waals surface area contributed by atoms with E-state index in [1.54, 1.807) is 12.3 Å². The van der Waals surface area contributed by atoms with Crippen molar-refractivity contribution >= 4 is 46.1 Å². The third kappa shape index (κ3) is 5.15. The highest BCUT2D eigenvalue weighted by molar-refractivity contribution is 6.31. The number of carboxylic acid groups (broad SMARTS) is 1.